The van der Waals surface area contributed by atoms with Crippen molar-refractivity contribution >= 4 is 11.6 Å². The average Bonchev–Trinajstić information content (AvgIpc) is 2.87. The zero-order chi connectivity index (χ0) is 25.5. The predicted octanol–water partition coefficient (Wildman–Crippen LogP) is 8.53. The number of nitrogens with one attached hydrogen (secondary N) is 1. The highest BCUT2D eigenvalue weighted by molar-refractivity contribution is 5.91. The Kier molecular flexibility index (Phi) is 8.77. The van der Waals surface area contributed by atoms with Crippen LogP contribution in [0.3, 0.4) is 0 Å². The summed E-state index contributed by atoms with van der Waals surface area (Å²) in [6.45, 7) is 14.1. The van der Waals surface area contributed by atoms with Gasteiger partial charge in [-0.15, -0.1) is 0 Å². The summed E-state index contributed by atoms with van der Waals surface area (Å²) in [5, 5.41) is 3.00. The van der Waals surface area contributed by atoms with Crippen molar-refractivity contribution in [2.45, 2.75) is 78.1 Å². The maximum atomic E-state index is 12.5. The number of hydrogen-bond acceptors (Lipinski definition) is 2. The highest BCUT2D eigenvalue weighted by Gasteiger charge is 2.26. The molecule has 3 aromatic rings. The molecule has 0 aliphatic carbocycles. The molecule has 3 aromatic carbocycles. The maximum Gasteiger partial charge on any atom is 0.224 e. The summed E-state index contributed by atoms with van der Waals surface area (Å²) >= 11 is 0. The Labute approximate surface area is 211 Å². The van der Waals surface area contributed by atoms with Gasteiger partial charge in [-0.3, -0.25) is 4.79 Å². The molecule has 0 aliphatic heterocycles. The molecule has 0 aliphatic rings. The number of ether oxygens (including phenoxy) is 1. The van der Waals surface area contributed by atoms with E-state index < -0.39 is 0 Å². The number of anilines is 1. The van der Waals surface area contributed by atoms with Crippen LogP contribution in [-0.2, 0) is 15.6 Å². The molecule has 0 fully saturated rings. The van der Waals surface area contributed by atoms with Gasteiger partial charge in [0, 0.05) is 17.7 Å². The standard InChI is InChI=1S/C32H41NO2/c1-7-31(3,4)26-18-21-29(28(23-26)32(5,6)8-2)35-22-12-15-30(34)33-27-19-16-25(17-20-27)24-13-10-9-11-14-24/h9-11,13-14,16-21,23H,7-8,12,15,22H2,1-6H3,(H,33,34). The molecular weight excluding hydrogens is 430 g/mol. The van der Waals surface area contributed by atoms with Gasteiger partial charge in [-0.25, -0.2) is 0 Å². The van der Waals surface area contributed by atoms with Crippen molar-refractivity contribution < 1.29 is 9.53 Å². The number of carbonyl (C=O) groups excluding carboxylic acids is 1. The molecule has 1 N–H and O–H groups in total. The van der Waals surface area contributed by atoms with Gasteiger partial charge in [0.1, 0.15) is 5.75 Å². The van der Waals surface area contributed by atoms with Gasteiger partial charge < -0.3 is 10.1 Å². The lowest BCUT2D eigenvalue weighted by atomic mass is 9.76. The van der Waals surface area contributed by atoms with Crippen LogP contribution in [-0.4, -0.2) is 12.5 Å². The SMILES string of the molecule is CCC(C)(C)c1ccc(OCCCC(=O)Nc2ccc(-c3ccccc3)cc2)c(C(C)(C)CC)c1. The van der Waals surface area contributed by atoms with Crippen LogP contribution in [0.5, 0.6) is 5.75 Å². The summed E-state index contributed by atoms with van der Waals surface area (Å²) in [5.74, 6) is 0.944. The molecule has 3 nitrogen and oxygen atoms in total. The maximum absolute atomic E-state index is 12.5. The summed E-state index contributed by atoms with van der Waals surface area (Å²) in [7, 11) is 0. The second-order valence-electron chi connectivity index (χ2n) is 10.6. The lowest BCUT2D eigenvalue weighted by Crippen LogP contribution is -2.21. The van der Waals surface area contributed by atoms with E-state index in [-0.39, 0.29) is 16.7 Å². The van der Waals surface area contributed by atoms with Crippen LogP contribution < -0.4 is 10.1 Å². The van der Waals surface area contributed by atoms with Crippen LogP contribution in [0, 0.1) is 0 Å². The van der Waals surface area contributed by atoms with Crippen LogP contribution >= 0.6 is 0 Å². The monoisotopic (exact) mass is 471 g/mol. The fourth-order valence-electron chi connectivity index (χ4n) is 4.02. The average molecular weight is 472 g/mol. The minimum Gasteiger partial charge on any atom is -0.493 e. The normalized spacial score (nSPS) is 11.8. The zero-order valence-electron chi connectivity index (χ0n) is 22.3. The number of benzene rings is 3. The molecule has 0 atom stereocenters. The van der Waals surface area contributed by atoms with E-state index in [1.165, 1.54) is 16.7 Å². The molecule has 0 radical (unpaired) electrons. The first-order valence-electron chi connectivity index (χ1n) is 12.9. The van der Waals surface area contributed by atoms with Gasteiger partial charge in [0.05, 0.1) is 6.61 Å². The first kappa shape index (κ1) is 26.5. The van der Waals surface area contributed by atoms with Crippen LogP contribution in [0.2, 0.25) is 0 Å². The number of hydrogen-bond donors (Lipinski definition) is 1. The number of carbonyl (C=O) groups is 1. The molecule has 35 heavy (non-hydrogen) atoms. The van der Waals surface area contributed by atoms with Crippen molar-refractivity contribution in [2.75, 3.05) is 11.9 Å². The number of amides is 1. The van der Waals surface area contributed by atoms with Gasteiger partial charge in [-0.05, 0) is 65.0 Å². The van der Waals surface area contributed by atoms with E-state index in [1.807, 2.05) is 42.5 Å². The van der Waals surface area contributed by atoms with Crippen molar-refractivity contribution in [2.24, 2.45) is 0 Å². The molecule has 1 amide bonds. The molecule has 0 saturated heterocycles. The minimum atomic E-state index is 0.00946. The van der Waals surface area contributed by atoms with Crippen LogP contribution in [0.15, 0.2) is 72.8 Å². The van der Waals surface area contributed by atoms with Gasteiger partial charge >= 0.3 is 0 Å². The topological polar surface area (TPSA) is 38.3 Å². The first-order valence-corrected chi connectivity index (χ1v) is 12.9. The van der Waals surface area contributed by atoms with Crippen molar-refractivity contribution in [1.29, 1.82) is 0 Å². The second-order valence-corrected chi connectivity index (χ2v) is 10.6. The van der Waals surface area contributed by atoms with Gasteiger partial charge in [0.2, 0.25) is 5.91 Å². The Hall–Kier alpha value is -3.07. The third-order valence-corrected chi connectivity index (χ3v) is 7.34. The minimum absolute atomic E-state index is 0.00946. The summed E-state index contributed by atoms with van der Waals surface area (Å²) in [4.78, 5) is 12.5. The van der Waals surface area contributed by atoms with E-state index >= 15 is 0 Å². The molecule has 0 heterocycles. The van der Waals surface area contributed by atoms with E-state index in [0.29, 0.717) is 19.4 Å². The fourth-order valence-corrected chi connectivity index (χ4v) is 4.02. The Morgan fingerprint density at radius 1 is 0.800 bits per heavy atom. The molecule has 186 valence electrons. The largest absolute Gasteiger partial charge is 0.493 e. The molecule has 0 aromatic heterocycles. The highest BCUT2D eigenvalue weighted by atomic mass is 16.5. The molecule has 3 heteroatoms. The van der Waals surface area contributed by atoms with E-state index in [2.05, 4.69) is 77.2 Å². The highest BCUT2D eigenvalue weighted by Crippen LogP contribution is 2.38. The van der Waals surface area contributed by atoms with Crippen molar-refractivity contribution in [3.63, 3.8) is 0 Å². The van der Waals surface area contributed by atoms with Gasteiger partial charge in [0.25, 0.3) is 0 Å². The smallest absolute Gasteiger partial charge is 0.224 e. The zero-order valence-corrected chi connectivity index (χ0v) is 22.3. The van der Waals surface area contributed by atoms with Gasteiger partial charge in [-0.2, -0.15) is 0 Å². The predicted molar refractivity (Wildman–Crippen MR) is 148 cm³/mol. The van der Waals surface area contributed by atoms with Crippen molar-refractivity contribution in [3.05, 3.63) is 83.9 Å². The van der Waals surface area contributed by atoms with Crippen molar-refractivity contribution in [1.82, 2.24) is 0 Å². The first-order chi connectivity index (χ1) is 16.7. The molecular formula is C32H41NO2. The Morgan fingerprint density at radius 2 is 1.43 bits per heavy atom. The van der Waals surface area contributed by atoms with Gasteiger partial charge in [-0.1, -0.05) is 96.1 Å². The van der Waals surface area contributed by atoms with E-state index in [4.69, 9.17) is 4.74 Å². The van der Waals surface area contributed by atoms with Crippen LogP contribution in [0.4, 0.5) is 5.69 Å². The molecule has 0 saturated carbocycles. The third kappa shape index (κ3) is 6.97. The number of rotatable bonds is 11. The van der Waals surface area contributed by atoms with E-state index in [0.717, 1.165) is 29.8 Å². The molecule has 0 spiro atoms. The second kappa shape index (κ2) is 11.6. The van der Waals surface area contributed by atoms with Crippen LogP contribution in [0.25, 0.3) is 11.1 Å². The summed E-state index contributed by atoms with van der Waals surface area (Å²) in [5.41, 5.74) is 5.88. The van der Waals surface area contributed by atoms with Gasteiger partial charge in [0.15, 0.2) is 0 Å². The fraction of sp³-hybridized carbons (Fsp3) is 0.406. The molecule has 3 rings (SSSR count). The summed E-state index contributed by atoms with van der Waals surface area (Å²) in [6, 6.07) is 24.8. The Bertz CT molecular complexity index is 1100. The lowest BCUT2D eigenvalue weighted by Gasteiger charge is -2.30. The van der Waals surface area contributed by atoms with E-state index in [1.54, 1.807) is 0 Å². The van der Waals surface area contributed by atoms with Crippen LogP contribution in [0.1, 0.15) is 78.4 Å². The molecule has 0 unspecified atom stereocenters. The third-order valence-electron chi connectivity index (χ3n) is 7.34. The van der Waals surface area contributed by atoms with Crippen molar-refractivity contribution in [3.8, 4) is 16.9 Å². The Balaban J connectivity index is 1.56. The Morgan fingerprint density at radius 3 is 2.06 bits per heavy atom. The molecule has 0 bridgehead atoms. The van der Waals surface area contributed by atoms with E-state index in [9.17, 15) is 4.79 Å². The quantitative estimate of drug-likeness (QED) is 0.285. The summed E-state index contributed by atoms with van der Waals surface area (Å²) < 4.78 is 6.21. The summed E-state index contributed by atoms with van der Waals surface area (Å²) in [6.07, 6.45) is 3.21. The lowest BCUT2D eigenvalue weighted by molar-refractivity contribution is -0.116.